The van der Waals surface area contributed by atoms with E-state index in [2.05, 4.69) is 37.0 Å². The van der Waals surface area contributed by atoms with E-state index in [1.54, 1.807) is 7.11 Å². The number of hydrogen-bond donors (Lipinski definition) is 1. The summed E-state index contributed by atoms with van der Waals surface area (Å²) < 4.78 is 5.17. The van der Waals surface area contributed by atoms with Crippen LogP contribution in [0.5, 0.6) is 0 Å². The van der Waals surface area contributed by atoms with Crippen molar-refractivity contribution in [2.24, 2.45) is 0 Å². The van der Waals surface area contributed by atoms with Gasteiger partial charge < -0.3 is 9.72 Å². The van der Waals surface area contributed by atoms with Crippen LogP contribution in [0.1, 0.15) is 16.8 Å². The number of benzene rings is 1. The number of ether oxygens (including phenoxy) is 1. The summed E-state index contributed by atoms with van der Waals surface area (Å²) in [6.45, 7) is 4.91. The van der Waals surface area contributed by atoms with Crippen LogP contribution in [0.25, 0.3) is 10.9 Å². The van der Waals surface area contributed by atoms with Crippen molar-refractivity contribution in [3.05, 3.63) is 35.0 Å². The summed E-state index contributed by atoms with van der Waals surface area (Å²) in [5.41, 5.74) is 5.01. The minimum absolute atomic E-state index is 0.663. The van der Waals surface area contributed by atoms with E-state index in [-0.39, 0.29) is 0 Å². The van der Waals surface area contributed by atoms with Gasteiger partial charge in [0.25, 0.3) is 0 Å². The summed E-state index contributed by atoms with van der Waals surface area (Å²) in [4.78, 5) is 3.40. The minimum Gasteiger partial charge on any atom is -0.380 e. The van der Waals surface area contributed by atoms with Crippen LogP contribution in [0, 0.1) is 13.8 Å². The first-order valence-corrected chi connectivity index (χ1v) is 4.79. The first kappa shape index (κ1) is 9.28. The average molecular weight is 189 g/mol. The zero-order chi connectivity index (χ0) is 10.1. The Labute approximate surface area is 83.9 Å². The standard InChI is InChI=1S/C12H15NO/c1-8-9(2)13-12-10(7-14-3)5-4-6-11(8)12/h4-6,13H,7H2,1-3H3. The molecule has 0 fully saturated rings. The Morgan fingerprint density at radius 2 is 2.07 bits per heavy atom. The second-order valence-electron chi connectivity index (χ2n) is 3.65. The van der Waals surface area contributed by atoms with E-state index in [1.807, 2.05) is 0 Å². The Hall–Kier alpha value is -1.28. The van der Waals surface area contributed by atoms with Gasteiger partial charge in [-0.25, -0.2) is 0 Å². The van der Waals surface area contributed by atoms with Crippen molar-refractivity contribution in [1.82, 2.24) is 4.98 Å². The van der Waals surface area contributed by atoms with E-state index in [9.17, 15) is 0 Å². The van der Waals surface area contributed by atoms with Gasteiger partial charge >= 0.3 is 0 Å². The summed E-state index contributed by atoms with van der Waals surface area (Å²) in [5, 5.41) is 1.30. The number of nitrogens with one attached hydrogen (secondary N) is 1. The highest BCUT2D eigenvalue weighted by atomic mass is 16.5. The van der Waals surface area contributed by atoms with Crippen LogP contribution in [0.2, 0.25) is 0 Å². The molecule has 74 valence electrons. The monoisotopic (exact) mass is 189 g/mol. The lowest BCUT2D eigenvalue weighted by atomic mass is 10.1. The van der Waals surface area contributed by atoms with Gasteiger partial charge in [0.15, 0.2) is 0 Å². The molecule has 1 N–H and O–H groups in total. The predicted octanol–water partition coefficient (Wildman–Crippen LogP) is 2.93. The molecular weight excluding hydrogens is 174 g/mol. The summed E-state index contributed by atoms with van der Waals surface area (Å²) in [6, 6.07) is 6.32. The van der Waals surface area contributed by atoms with Crippen molar-refractivity contribution in [2.45, 2.75) is 20.5 Å². The molecule has 0 aliphatic carbocycles. The number of aromatic nitrogens is 1. The molecule has 2 rings (SSSR count). The molecule has 0 amide bonds. The normalized spacial score (nSPS) is 11.1. The van der Waals surface area contributed by atoms with Crippen molar-refractivity contribution in [3.8, 4) is 0 Å². The molecule has 14 heavy (non-hydrogen) atoms. The molecule has 0 saturated heterocycles. The van der Waals surface area contributed by atoms with Gasteiger partial charge in [0.1, 0.15) is 0 Å². The molecular formula is C12H15NO. The van der Waals surface area contributed by atoms with Gasteiger partial charge in [-0.15, -0.1) is 0 Å². The molecule has 0 atom stereocenters. The van der Waals surface area contributed by atoms with Crippen LogP contribution in [-0.4, -0.2) is 12.1 Å². The van der Waals surface area contributed by atoms with Crippen molar-refractivity contribution in [3.63, 3.8) is 0 Å². The van der Waals surface area contributed by atoms with Gasteiger partial charge in [0.05, 0.1) is 12.1 Å². The predicted molar refractivity (Wildman–Crippen MR) is 58.5 cm³/mol. The Kier molecular flexibility index (Phi) is 2.30. The fraction of sp³-hybridized carbons (Fsp3) is 0.333. The number of rotatable bonds is 2. The number of hydrogen-bond acceptors (Lipinski definition) is 1. The molecule has 1 aromatic carbocycles. The average Bonchev–Trinajstić information content (AvgIpc) is 2.46. The Balaban J connectivity index is 2.68. The van der Waals surface area contributed by atoms with E-state index >= 15 is 0 Å². The van der Waals surface area contributed by atoms with Gasteiger partial charge in [-0.3, -0.25) is 0 Å². The van der Waals surface area contributed by atoms with Crippen molar-refractivity contribution in [1.29, 1.82) is 0 Å². The van der Waals surface area contributed by atoms with E-state index in [4.69, 9.17) is 4.74 Å². The van der Waals surface area contributed by atoms with Crippen LogP contribution < -0.4 is 0 Å². The highest BCUT2D eigenvalue weighted by molar-refractivity contribution is 5.86. The Bertz CT molecular complexity index is 457. The van der Waals surface area contributed by atoms with Gasteiger partial charge in [-0.2, -0.15) is 0 Å². The van der Waals surface area contributed by atoms with Crippen LogP contribution >= 0.6 is 0 Å². The van der Waals surface area contributed by atoms with Crippen LogP contribution in [0.15, 0.2) is 18.2 Å². The van der Waals surface area contributed by atoms with Gasteiger partial charge in [0, 0.05) is 23.8 Å². The van der Waals surface area contributed by atoms with Crippen molar-refractivity contribution in [2.75, 3.05) is 7.11 Å². The van der Waals surface area contributed by atoms with E-state index < -0.39 is 0 Å². The lowest BCUT2D eigenvalue weighted by Gasteiger charge is -2.01. The van der Waals surface area contributed by atoms with Gasteiger partial charge in [-0.1, -0.05) is 18.2 Å². The SMILES string of the molecule is COCc1cccc2c(C)c(C)[nH]c12. The van der Waals surface area contributed by atoms with Gasteiger partial charge in [-0.05, 0) is 19.4 Å². The van der Waals surface area contributed by atoms with Crippen LogP contribution in [0.3, 0.4) is 0 Å². The van der Waals surface area contributed by atoms with E-state index in [0.29, 0.717) is 6.61 Å². The minimum atomic E-state index is 0.663. The Morgan fingerprint density at radius 1 is 1.29 bits per heavy atom. The van der Waals surface area contributed by atoms with Crippen LogP contribution in [-0.2, 0) is 11.3 Å². The van der Waals surface area contributed by atoms with E-state index in [1.165, 1.54) is 27.7 Å². The summed E-state index contributed by atoms with van der Waals surface area (Å²) in [6.07, 6.45) is 0. The number of fused-ring (bicyclic) bond motifs is 1. The maximum Gasteiger partial charge on any atom is 0.0733 e. The molecule has 2 nitrogen and oxygen atoms in total. The largest absolute Gasteiger partial charge is 0.380 e. The highest BCUT2D eigenvalue weighted by Crippen LogP contribution is 2.24. The molecule has 2 aromatic rings. The quantitative estimate of drug-likeness (QED) is 0.772. The molecule has 1 heterocycles. The lowest BCUT2D eigenvalue weighted by molar-refractivity contribution is 0.186. The zero-order valence-electron chi connectivity index (χ0n) is 8.85. The third-order valence-corrected chi connectivity index (χ3v) is 2.73. The fourth-order valence-electron chi connectivity index (χ4n) is 1.82. The first-order valence-electron chi connectivity index (χ1n) is 4.79. The van der Waals surface area contributed by atoms with E-state index in [0.717, 1.165) is 0 Å². The Morgan fingerprint density at radius 3 is 2.79 bits per heavy atom. The molecule has 1 aromatic heterocycles. The number of aryl methyl sites for hydroxylation is 2. The van der Waals surface area contributed by atoms with Crippen molar-refractivity contribution < 1.29 is 4.74 Å². The van der Waals surface area contributed by atoms with Gasteiger partial charge in [0.2, 0.25) is 0 Å². The number of para-hydroxylation sites is 1. The maximum atomic E-state index is 5.17. The number of methoxy groups -OCH3 is 1. The second-order valence-corrected chi connectivity index (χ2v) is 3.65. The summed E-state index contributed by atoms with van der Waals surface area (Å²) >= 11 is 0. The lowest BCUT2D eigenvalue weighted by Crippen LogP contribution is -1.88. The number of H-pyrrole nitrogens is 1. The highest BCUT2D eigenvalue weighted by Gasteiger charge is 2.06. The molecule has 0 aliphatic heterocycles. The maximum absolute atomic E-state index is 5.17. The molecule has 0 saturated carbocycles. The first-order chi connectivity index (χ1) is 6.74. The molecule has 0 spiro atoms. The molecule has 0 bridgehead atoms. The number of aromatic amines is 1. The fourth-order valence-corrected chi connectivity index (χ4v) is 1.82. The third kappa shape index (κ3) is 1.32. The third-order valence-electron chi connectivity index (χ3n) is 2.73. The van der Waals surface area contributed by atoms with Crippen LogP contribution in [0.4, 0.5) is 0 Å². The molecule has 2 heteroatoms. The summed E-state index contributed by atoms with van der Waals surface area (Å²) in [7, 11) is 1.72. The smallest absolute Gasteiger partial charge is 0.0733 e. The summed E-state index contributed by atoms with van der Waals surface area (Å²) in [5.74, 6) is 0. The second kappa shape index (κ2) is 3.46. The zero-order valence-corrected chi connectivity index (χ0v) is 8.85. The topological polar surface area (TPSA) is 25.0 Å². The molecule has 0 radical (unpaired) electrons. The molecule has 0 aliphatic rings. The van der Waals surface area contributed by atoms with Crippen molar-refractivity contribution >= 4 is 10.9 Å². The molecule has 0 unspecified atom stereocenters.